The quantitative estimate of drug-likeness (QED) is 0.752. The van der Waals surface area contributed by atoms with E-state index in [2.05, 4.69) is 5.16 Å². The molecular weight excluding hydrogens is 244 g/mol. The molecule has 2 aromatic heterocycles. The standard InChI is InChI=1S/C13H12N4O2/c1-16-6-7-17(13(16)18)10-4-2-9(3-5-10)11-8-12(14)19-15-11/h2-8H,14H2,1H3. The van der Waals surface area contributed by atoms with E-state index in [1.165, 1.54) is 4.57 Å². The summed E-state index contributed by atoms with van der Waals surface area (Å²) >= 11 is 0. The van der Waals surface area contributed by atoms with E-state index in [4.69, 9.17) is 10.3 Å². The second-order valence-electron chi connectivity index (χ2n) is 4.22. The predicted octanol–water partition coefficient (Wildman–Crippen LogP) is 1.41. The second-order valence-corrected chi connectivity index (χ2v) is 4.22. The van der Waals surface area contributed by atoms with Crippen molar-refractivity contribution in [3.05, 3.63) is 53.2 Å². The first-order valence-electron chi connectivity index (χ1n) is 5.72. The molecule has 0 aliphatic heterocycles. The van der Waals surface area contributed by atoms with Crippen LogP contribution in [0.5, 0.6) is 0 Å². The summed E-state index contributed by atoms with van der Waals surface area (Å²) in [5, 5.41) is 3.84. The molecule has 0 amide bonds. The summed E-state index contributed by atoms with van der Waals surface area (Å²) in [6.07, 6.45) is 3.44. The van der Waals surface area contributed by atoms with Gasteiger partial charge in [-0.05, 0) is 12.1 Å². The molecule has 0 aliphatic carbocycles. The highest BCUT2D eigenvalue weighted by Crippen LogP contribution is 2.21. The first-order chi connectivity index (χ1) is 9.15. The third-order valence-electron chi connectivity index (χ3n) is 2.92. The lowest BCUT2D eigenvalue weighted by Crippen LogP contribution is -2.20. The highest BCUT2D eigenvalue weighted by Gasteiger charge is 2.06. The maximum Gasteiger partial charge on any atom is 0.332 e. The lowest BCUT2D eigenvalue weighted by molar-refractivity contribution is 0.439. The third-order valence-corrected chi connectivity index (χ3v) is 2.92. The summed E-state index contributed by atoms with van der Waals surface area (Å²) in [5.74, 6) is 0.276. The van der Waals surface area contributed by atoms with Crippen molar-refractivity contribution in [1.29, 1.82) is 0 Å². The Kier molecular flexibility index (Phi) is 2.49. The van der Waals surface area contributed by atoms with Crippen LogP contribution in [0.3, 0.4) is 0 Å². The van der Waals surface area contributed by atoms with Crippen molar-refractivity contribution in [2.45, 2.75) is 0 Å². The van der Waals surface area contributed by atoms with Crippen LogP contribution in [-0.4, -0.2) is 14.3 Å². The Morgan fingerprint density at radius 3 is 2.47 bits per heavy atom. The maximum absolute atomic E-state index is 11.8. The summed E-state index contributed by atoms with van der Waals surface area (Å²) in [4.78, 5) is 11.8. The summed E-state index contributed by atoms with van der Waals surface area (Å²) in [6, 6.07) is 9.09. The van der Waals surface area contributed by atoms with Crippen molar-refractivity contribution >= 4 is 5.88 Å². The molecule has 0 spiro atoms. The van der Waals surface area contributed by atoms with Gasteiger partial charge in [-0.1, -0.05) is 17.3 Å². The Labute approximate surface area is 108 Å². The third kappa shape index (κ3) is 1.93. The Morgan fingerprint density at radius 2 is 1.95 bits per heavy atom. The fourth-order valence-electron chi connectivity index (χ4n) is 1.88. The largest absolute Gasteiger partial charge is 0.368 e. The van der Waals surface area contributed by atoms with Crippen LogP contribution in [0, 0.1) is 0 Å². The van der Waals surface area contributed by atoms with Crippen LogP contribution in [0.4, 0.5) is 5.88 Å². The number of nitrogens with two attached hydrogens (primary N) is 1. The number of nitrogen functional groups attached to an aromatic ring is 1. The lowest BCUT2D eigenvalue weighted by atomic mass is 10.1. The van der Waals surface area contributed by atoms with Crippen molar-refractivity contribution in [1.82, 2.24) is 14.3 Å². The number of anilines is 1. The van der Waals surface area contributed by atoms with Crippen LogP contribution < -0.4 is 11.4 Å². The van der Waals surface area contributed by atoms with Gasteiger partial charge < -0.3 is 14.8 Å². The average molecular weight is 256 g/mol. The van der Waals surface area contributed by atoms with E-state index in [0.29, 0.717) is 5.69 Å². The van der Waals surface area contributed by atoms with Crippen LogP contribution in [0.1, 0.15) is 0 Å². The highest BCUT2D eigenvalue weighted by molar-refractivity contribution is 5.62. The van der Waals surface area contributed by atoms with Crippen LogP contribution in [-0.2, 0) is 7.05 Å². The molecule has 19 heavy (non-hydrogen) atoms. The van der Waals surface area contributed by atoms with Gasteiger partial charge in [0.2, 0.25) is 5.88 Å². The summed E-state index contributed by atoms with van der Waals surface area (Å²) in [5.41, 5.74) is 7.75. The number of aryl methyl sites for hydroxylation is 1. The monoisotopic (exact) mass is 256 g/mol. The molecule has 6 heteroatoms. The molecule has 6 nitrogen and oxygen atoms in total. The molecule has 3 rings (SSSR count). The first-order valence-corrected chi connectivity index (χ1v) is 5.72. The lowest BCUT2D eigenvalue weighted by Gasteiger charge is -2.02. The van der Waals surface area contributed by atoms with E-state index in [0.717, 1.165) is 11.3 Å². The van der Waals surface area contributed by atoms with Crippen molar-refractivity contribution in [2.75, 3.05) is 5.73 Å². The SMILES string of the molecule is Cn1ccn(-c2ccc(-c3cc(N)on3)cc2)c1=O. The Hall–Kier alpha value is -2.76. The summed E-state index contributed by atoms with van der Waals surface area (Å²) < 4.78 is 7.92. The van der Waals surface area contributed by atoms with E-state index in [1.807, 2.05) is 24.3 Å². The fraction of sp³-hybridized carbons (Fsp3) is 0.0769. The molecule has 3 aromatic rings. The van der Waals surface area contributed by atoms with Crippen molar-refractivity contribution in [2.24, 2.45) is 7.05 Å². The number of hydrogen-bond acceptors (Lipinski definition) is 4. The van der Waals surface area contributed by atoms with E-state index < -0.39 is 0 Å². The van der Waals surface area contributed by atoms with Crippen molar-refractivity contribution < 1.29 is 4.52 Å². The number of nitrogens with zero attached hydrogens (tertiary/aromatic N) is 3. The minimum absolute atomic E-state index is 0.0848. The summed E-state index contributed by atoms with van der Waals surface area (Å²) in [7, 11) is 1.71. The Bertz CT molecular complexity index is 765. The number of imidazole rings is 1. The van der Waals surface area contributed by atoms with Crippen molar-refractivity contribution in [3.63, 3.8) is 0 Å². The molecule has 0 bridgehead atoms. The average Bonchev–Trinajstić information content (AvgIpc) is 2.98. The number of hydrogen-bond donors (Lipinski definition) is 1. The minimum atomic E-state index is -0.0848. The van der Waals surface area contributed by atoms with Gasteiger partial charge in [0.25, 0.3) is 0 Å². The van der Waals surface area contributed by atoms with Gasteiger partial charge in [0, 0.05) is 31.1 Å². The second kappa shape index (κ2) is 4.16. The molecule has 0 radical (unpaired) electrons. The Morgan fingerprint density at radius 1 is 1.21 bits per heavy atom. The molecule has 0 aliphatic rings. The number of benzene rings is 1. The van der Waals surface area contributed by atoms with Gasteiger partial charge >= 0.3 is 5.69 Å². The molecular formula is C13H12N4O2. The molecule has 0 atom stereocenters. The molecule has 0 fully saturated rings. The van der Waals surface area contributed by atoms with E-state index in [9.17, 15) is 4.79 Å². The highest BCUT2D eigenvalue weighted by atomic mass is 16.5. The maximum atomic E-state index is 11.8. The molecule has 1 aromatic carbocycles. The molecule has 2 N–H and O–H groups in total. The first kappa shape index (κ1) is 11.3. The number of rotatable bonds is 2. The molecule has 96 valence electrons. The smallest absolute Gasteiger partial charge is 0.332 e. The van der Waals surface area contributed by atoms with Gasteiger partial charge in [-0.25, -0.2) is 4.79 Å². The number of aromatic nitrogens is 3. The zero-order valence-electron chi connectivity index (χ0n) is 10.3. The van der Waals surface area contributed by atoms with E-state index in [1.54, 1.807) is 30.1 Å². The van der Waals surface area contributed by atoms with Gasteiger partial charge in [0.1, 0.15) is 5.69 Å². The topological polar surface area (TPSA) is 79.0 Å². The molecule has 0 saturated heterocycles. The van der Waals surface area contributed by atoms with Gasteiger partial charge in [-0.15, -0.1) is 0 Å². The van der Waals surface area contributed by atoms with Gasteiger partial charge in [-0.3, -0.25) is 4.57 Å². The van der Waals surface area contributed by atoms with Crippen molar-refractivity contribution in [3.8, 4) is 16.9 Å². The minimum Gasteiger partial charge on any atom is -0.368 e. The molecule has 0 unspecified atom stereocenters. The normalized spacial score (nSPS) is 10.8. The molecule has 2 heterocycles. The van der Waals surface area contributed by atoms with Crippen LogP contribution in [0.15, 0.2) is 52.0 Å². The van der Waals surface area contributed by atoms with Gasteiger partial charge in [-0.2, -0.15) is 0 Å². The van der Waals surface area contributed by atoms with Crippen LogP contribution in [0.25, 0.3) is 16.9 Å². The predicted molar refractivity (Wildman–Crippen MR) is 70.9 cm³/mol. The Balaban J connectivity index is 1.99. The zero-order valence-corrected chi connectivity index (χ0v) is 10.3. The van der Waals surface area contributed by atoms with Gasteiger partial charge in [0.05, 0.1) is 5.69 Å². The molecule has 0 saturated carbocycles. The summed E-state index contributed by atoms with van der Waals surface area (Å²) in [6.45, 7) is 0. The van der Waals surface area contributed by atoms with Crippen LogP contribution >= 0.6 is 0 Å². The van der Waals surface area contributed by atoms with Crippen LogP contribution in [0.2, 0.25) is 0 Å². The van der Waals surface area contributed by atoms with E-state index >= 15 is 0 Å². The zero-order chi connectivity index (χ0) is 13.4. The fourth-order valence-corrected chi connectivity index (χ4v) is 1.88. The van der Waals surface area contributed by atoms with E-state index in [-0.39, 0.29) is 11.6 Å². The van der Waals surface area contributed by atoms with Gasteiger partial charge in [0.15, 0.2) is 0 Å².